The first-order valence-electron chi connectivity index (χ1n) is 8.92. The smallest absolute Gasteiger partial charge is 0.410 e. The van der Waals surface area contributed by atoms with Crippen LogP contribution in [0.2, 0.25) is 0 Å². The summed E-state index contributed by atoms with van der Waals surface area (Å²) in [4.78, 5) is 34.3. The molecule has 9 nitrogen and oxygen atoms in total. The Balaban J connectivity index is 2.06. The van der Waals surface area contributed by atoms with Gasteiger partial charge in [0.2, 0.25) is 5.95 Å². The van der Waals surface area contributed by atoms with E-state index in [1.54, 1.807) is 25.9 Å². The van der Waals surface area contributed by atoms with Gasteiger partial charge in [0.1, 0.15) is 5.60 Å². The van der Waals surface area contributed by atoms with Gasteiger partial charge in [-0.2, -0.15) is 0 Å². The van der Waals surface area contributed by atoms with Gasteiger partial charge in [0.25, 0.3) is 0 Å². The Morgan fingerprint density at radius 2 is 2.04 bits per heavy atom. The molecule has 1 aromatic rings. The number of likely N-dealkylation sites (tertiary alicyclic amines) is 1. The molecule has 1 aromatic heterocycles. The average molecular weight is 380 g/mol. The number of rotatable bonds is 5. The minimum Gasteiger partial charge on any atom is -0.462 e. The van der Waals surface area contributed by atoms with E-state index in [0.29, 0.717) is 30.3 Å². The highest BCUT2D eigenvalue weighted by atomic mass is 16.6. The summed E-state index contributed by atoms with van der Waals surface area (Å²) in [5.41, 5.74) is 0.281. The van der Waals surface area contributed by atoms with Crippen molar-refractivity contribution in [2.45, 2.75) is 52.4 Å². The summed E-state index contributed by atoms with van der Waals surface area (Å²) in [6.45, 7) is 10.0. The zero-order chi connectivity index (χ0) is 20.2. The molecule has 0 radical (unpaired) electrons. The van der Waals surface area contributed by atoms with Crippen LogP contribution in [-0.2, 0) is 14.2 Å². The van der Waals surface area contributed by atoms with E-state index in [1.807, 2.05) is 20.8 Å². The maximum atomic E-state index is 12.3. The van der Waals surface area contributed by atoms with Crippen molar-refractivity contribution in [2.24, 2.45) is 0 Å². The van der Waals surface area contributed by atoms with Crippen LogP contribution in [0.25, 0.3) is 0 Å². The van der Waals surface area contributed by atoms with Crippen molar-refractivity contribution in [1.29, 1.82) is 0 Å². The molecule has 1 amide bonds. The quantitative estimate of drug-likeness (QED) is 0.774. The third-order valence-electron chi connectivity index (χ3n) is 4.01. The van der Waals surface area contributed by atoms with Crippen LogP contribution in [-0.4, -0.2) is 71.5 Å². The number of carbonyl (C=O) groups excluding carboxylic acids is 2. The van der Waals surface area contributed by atoms with Crippen LogP contribution in [0.15, 0.2) is 6.20 Å². The topological polar surface area (TPSA) is 103 Å². The van der Waals surface area contributed by atoms with Crippen LogP contribution in [0.4, 0.5) is 10.7 Å². The third-order valence-corrected chi connectivity index (χ3v) is 4.01. The molecule has 150 valence electrons. The summed E-state index contributed by atoms with van der Waals surface area (Å²) in [7, 11) is 1.59. The Hall–Kier alpha value is -2.42. The molecular formula is C18H28N4O5. The Morgan fingerprint density at radius 3 is 2.59 bits per heavy atom. The molecule has 0 bridgehead atoms. The van der Waals surface area contributed by atoms with E-state index in [1.165, 1.54) is 6.20 Å². The lowest BCUT2D eigenvalue weighted by Crippen LogP contribution is -2.36. The van der Waals surface area contributed by atoms with Gasteiger partial charge in [0.05, 0.1) is 36.6 Å². The van der Waals surface area contributed by atoms with Crippen molar-refractivity contribution in [2.75, 3.05) is 32.1 Å². The lowest BCUT2D eigenvalue weighted by molar-refractivity contribution is 0.0252. The van der Waals surface area contributed by atoms with Crippen molar-refractivity contribution in [3.63, 3.8) is 0 Å². The summed E-state index contributed by atoms with van der Waals surface area (Å²) in [6.07, 6.45) is 0.820. The van der Waals surface area contributed by atoms with E-state index in [2.05, 4.69) is 15.3 Å². The minimum atomic E-state index is -0.561. The molecule has 0 unspecified atom stereocenters. The number of nitrogens with one attached hydrogen (secondary N) is 1. The number of methoxy groups -OCH3 is 1. The highest BCUT2D eigenvalue weighted by molar-refractivity contribution is 5.90. The Morgan fingerprint density at radius 1 is 1.33 bits per heavy atom. The fourth-order valence-electron chi connectivity index (χ4n) is 2.74. The molecule has 27 heavy (non-hydrogen) atoms. The Labute approximate surface area is 159 Å². The third kappa shape index (κ3) is 5.53. The van der Waals surface area contributed by atoms with Crippen molar-refractivity contribution in [3.8, 4) is 0 Å². The Kier molecular flexibility index (Phi) is 6.59. The molecule has 9 heteroatoms. The fourth-order valence-corrected chi connectivity index (χ4v) is 2.74. The van der Waals surface area contributed by atoms with Crippen LogP contribution < -0.4 is 5.32 Å². The van der Waals surface area contributed by atoms with Gasteiger partial charge < -0.3 is 24.4 Å². The molecule has 2 heterocycles. The van der Waals surface area contributed by atoms with Crippen molar-refractivity contribution in [1.82, 2.24) is 14.9 Å². The second-order valence-corrected chi connectivity index (χ2v) is 7.32. The molecule has 2 atom stereocenters. The molecule has 0 aromatic carbocycles. The zero-order valence-electron chi connectivity index (χ0n) is 16.7. The van der Waals surface area contributed by atoms with Gasteiger partial charge in [-0.05, 0) is 34.6 Å². The molecular weight excluding hydrogens is 352 g/mol. The van der Waals surface area contributed by atoms with Crippen LogP contribution in [0.3, 0.4) is 0 Å². The monoisotopic (exact) mass is 380 g/mol. The minimum absolute atomic E-state index is 0.199. The van der Waals surface area contributed by atoms with Crippen molar-refractivity contribution >= 4 is 18.0 Å². The molecule has 1 N–H and O–H groups in total. The average Bonchev–Trinajstić information content (AvgIpc) is 2.96. The van der Waals surface area contributed by atoms with Crippen LogP contribution >= 0.6 is 0 Å². The first kappa shape index (κ1) is 20.9. The molecule has 1 fully saturated rings. The lowest BCUT2D eigenvalue weighted by atomic mass is 10.2. The SMILES string of the molecule is CCOC(=O)c1cnc(N[C@@H]2CN(C(=O)OC(C)(C)C)C[C@@H]2OC)nc1C. The molecule has 1 aliphatic rings. The summed E-state index contributed by atoms with van der Waals surface area (Å²) >= 11 is 0. The standard InChI is InChI=1S/C18H28N4O5/c1-7-26-15(23)12-8-19-16(20-11(12)2)21-13-9-22(10-14(13)25-6)17(24)27-18(3,4)5/h8,13-14H,7,9-10H2,1-6H3,(H,19,20,21)/t13-,14+/m1/s1. The first-order chi connectivity index (χ1) is 12.6. The number of hydrogen-bond donors (Lipinski definition) is 1. The number of anilines is 1. The molecule has 0 aliphatic carbocycles. The van der Waals surface area contributed by atoms with Gasteiger partial charge >= 0.3 is 12.1 Å². The largest absolute Gasteiger partial charge is 0.462 e. The van der Waals surface area contributed by atoms with E-state index in [-0.39, 0.29) is 24.8 Å². The van der Waals surface area contributed by atoms with Gasteiger partial charge in [-0.1, -0.05) is 0 Å². The van der Waals surface area contributed by atoms with Gasteiger partial charge in [-0.15, -0.1) is 0 Å². The van der Waals surface area contributed by atoms with E-state index >= 15 is 0 Å². The molecule has 1 aliphatic heterocycles. The number of amides is 1. The number of esters is 1. The predicted molar refractivity (Wildman–Crippen MR) is 98.7 cm³/mol. The molecule has 1 saturated heterocycles. The van der Waals surface area contributed by atoms with E-state index in [9.17, 15) is 9.59 Å². The maximum absolute atomic E-state index is 12.3. The maximum Gasteiger partial charge on any atom is 0.410 e. The van der Waals surface area contributed by atoms with E-state index in [4.69, 9.17) is 14.2 Å². The van der Waals surface area contributed by atoms with Gasteiger partial charge in [-0.25, -0.2) is 19.6 Å². The number of carbonyl (C=O) groups is 2. The first-order valence-corrected chi connectivity index (χ1v) is 8.92. The van der Waals surface area contributed by atoms with Gasteiger partial charge in [0.15, 0.2) is 0 Å². The Bertz CT molecular complexity index is 689. The number of hydrogen-bond acceptors (Lipinski definition) is 8. The van der Waals surface area contributed by atoms with Gasteiger partial charge in [0, 0.05) is 19.9 Å². The molecule has 2 rings (SSSR count). The second-order valence-electron chi connectivity index (χ2n) is 7.32. The zero-order valence-corrected chi connectivity index (χ0v) is 16.7. The fraction of sp³-hybridized carbons (Fsp3) is 0.667. The van der Waals surface area contributed by atoms with Gasteiger partial charge in [-0.3, -0.25) is 0 Å². The highest BCUT2D eigenvalue weighted by Crippen LogP contribution is 2.20. The number of aryl methyl sites for hydroxylation is 1. The number of ether oxygens (including phenoxy) is 3. The second kappa shape index (κ2) is 8.51. The van der Waals surface area contributed by atoms with Crippen LogP contribution in [0.1, 0.15) is 43.7 Å². The molecule has 0 saturated carbocycles. The van der Waals surface area contributed by atoms with E-state index < -0.39 is 11.6 Å². The predicted octanol–water partition coefficient (Wildman–Crippen LogP) is 2.01. The van der Waals surface area contributed by atoms with Crippen molar-refractivity contribution in [3.05, 3.63) is 17.5 Å². The summed E-state index contributed by atoms with van der Waals surface area (Å²) in [5, 5.41) is 3.18. The van der Waals surface area contributed by atoms with Crippen LogP contribution in [0.5, 0.6) is 0 Å². The summed E-state index contributed by atoms with van der Waals surface area (Å²) in [6, 6.07) is -0.199. The van der Waals surface area contributed by atoms with Crippen LogP contribution in [0, 0.1) is 6.92 Å². The summed E-state index contributed by atoms with van der Waals surface area (Å²) < 4.78 is 15.9. The van der Waals surface area contributed by atoms with E-state index in [0.717, 1.165) is 0 Å². The highest BCUT2D eigenvalue weighted by Gasteiger charge is 2.37. The van der Waals surface area contributed by atoms with Crippen molar-refractivity contribution < 1.29 is 23.8 Å². The normalized spacial score (nSPS) is 19.7. The lowest BCUT2D eigenvalue weighted by Gasteiger charge is -2.24. The number of aromatic nitrogens is 2. The molecule has 0 spiro atoms. The number of nitrogens with zero attached hydrogens (tertiary/aromatic N) is 3. The summed E-state index contributed by atoms with van der Waals surface area (Å²) in [5.74, 6) is -0.0908.